The standard InChI is InChI=1S/C10H7BrN2O4/c11-9-2-1-8(13(14)15)5-10(9)16-6-7-3-4-17-12-7/h1-5H,6H2. The lowest BCUT2D eigenvalue weighted by molar-refractivity contribution is -0.385. The fraction of sp³-hybridized carbons (Fsp3) is 0.100. The van der Waals surface area contributed by atoms with Crippen molar-refractivity contribution in [2.75, 3.05) is 0 Å². The van der Waals surface area contributed by atoms with Gasteiger partial charge in [-0.3, -0.25) is 10.1 Å². The smallest absolute Gasteiger partial charge is 0.273 e. The first-order valence-electron chi connectivity index (χ1n) is 4.63. The van der Waals surface area contributed by atoms with Crippen molar-refractivity contribution in [2.24, 2.45) is 0 Å². The fourth-order valence-corrected chi connectivity index (χ4v) is 1.54. The molecule has 0 radical (unpaired) electrons. The number of aromatic nitrogens is 1. The van der Waals surface area contributed by atoms with Crippen molar-refractivity contribution >= 4 is 21.6 Å². The van der Waals surface area contributed by atoms with Gasteiger partial charge < -0.3 is 9.26 Å². The lowest BCUT2D eigenvalue weighted by Crippen LogP contribution is -1.97. The third-order valence-electron chi connectivity index (χ3n) is 1.99. The Hall–Kier alpha value is -1.89. The Morgan fingerprint density at radius 1 is 1.47 bits per heavy atom. The Bertz CT molecular complexity index is 527. The number of benzene rings is 1. The van der Waals surface area contributed by atoms with Crippen molar-refractivity contribution in [2.45, 2.75) is 6.61 Å². The highest BCUT2D eigenvalue weighted by atomic mass is 79.9. The SMILES string of the molecule is O=[N+]([O-])c1ccc(Br)c(OCc2ccon2)c1. The second kappa shape index (κ2) is 4.96. The van der Waals surface area contributed by atoms with Gasteiger partial charge in [0.1, 0.15) is 24.3 Å². The van der Waals surface area contributed by atoms with Gasteiger partial charge in [0.05, 0.1) is 15.5 Å². The molecule has 2 aromatic rings. The van der Waals surface area contributed by atoms with Crippen LogP contribution in [0.2, 0.25) is 0 Å². The molecule has 0 saturated carbocycles. The summed E-state index contributed by atoms with van der Waals surface area (Å²) in [6, 6.07) is 5.97. The Labute approximate surface area is 104 Å². The predicted molar refractivity (Wildman–Crippen MR) is 61.6 cm³/mol. The molecule has 0 aliphatic rings. The number of rotatable bonds is 4. The molecule has 17 heavy (non-hydrogen) atoms. The summed E-state index contributed by atoms with van der Waals surface area (Å²) in [5, 5.41) is 14.3. The molecule has 6 nitrogen and oxygen atoms in total. The molecule has 0 aliphatic carbocycles. The summed E-state index contributed by atoms with van der Waals surface area (Å²) >= 11 is 3.25. The number of ether oxygens (including phenoxy) is 1. The third-order valence-corrected chi connectivity index (χ3v) is 2.65. The minimum Gasteiger partial charge on any atom is -0.486 e. The minimum atomic E-state index is -0.477. The average molecular weight is 299 g/mol. The molecule has 0 atom stereocenters. The van der Waals surface area contributed by atoms with Crippen LogP contribution in [-0.2, 0) is 6.61 Å². The predicted octanol–water partition coefficient (Wildman–Crippen LogP) is 2.92. The molecule has 0 unspecified atom stereocenters. The fourth-order valence-electron chi connectivity index (χ4n) is 1.18. The quantitative estimate of drug-likeness (QED) is 0.640. The van der Waals surface area contributed by atoms with Crippen molar-refractivity contribution in [1.29, 1.82) is 0 Å². The van der Waals surface area contributed by atoms with E-state index in [1.807, 2.05) is 0 Å². The highest BCUT2D eigenvalue weighted by Crippen LogP contribution is 2.29. The maximum absolute atomic E-state index is 10.6. The second-order valence-corrected chi connectivity index (χ2v) is 4.01. The molecule has 0 aliphatic heterocycles. The first-order chi connectivity index (χ1) is 8.16. The summed E-state index contributed by atoms with van der Waals surface area (Å²) < 4.78 is 10.7. The topological polar surface area (TPSA) is 78.4 Å². The van der Waals surface area contributed by atoms with Gasteiger partial charge in [0.25, 0.3) is 5.69 Å². The number of hydrogen-bond acceptors (Lipinski definition) is 5. The van der Waals surface area contributed by atoms with Gasteiger partial charge >= 0.3 is 0 Å². The van der Waals surface area contributed by atoms with Gasteiger partial charge in [-0.2, -0.15) is 0 Å². The number of nitro benzene ring substituents is 1. The van der Waals surface area contributed by atoms with E-state index in [4.69, 9.17) is 4.74 Å². The van der Waals surface area contributed by atoms with E-state index in [0.29, 0.717) is 15.9 Å². The molecule has 7 heteroatoms. The number of non-ortho nitro benzene ring substituents is 1. The molecular formula is C10H7BrN2O4. The van der Waals surface area contributed by atoms with Gasteiger partial charge in [-0.05, 0) is 22.0 Å². The number of halogens is 1. The van der Waals surface area contributed by atoms with Crippen LogP contribution in [0.15, 0.2) is 39.5 Å². The summed E-state index contributed by atoms with van der Waals surface area (Å²) in [4.78, 5) is 10.1. The Kier molecular flexibility index (Phi) is 3.38. The van der Waals surface area contributed by atoms with Crippen molar-refractivity contribution in [1.82, 2.24) is 5.16 Å². The van der Waals surface area contributed by atoms with Crippen LogP contribution in [0, 0.1) is 10.1 Å². The van der Waals surface area contributed by atoms with E-state index >= 15 is 0 Å². The largest absolute Gasteiger partial charge is 0.486 e. The van der Waals surface area contributed by atoms with Gasteiger partial charge in [0.2, 0.25) is 0 Å². The van der Waals surface area contributed by atoms with Gasteiger partial charge in [-0.15, -0.1) is 0 Å². The number of nitro groups is 1. The normalized spacial score (nSPS) is 10.2. The Morgan fingerprint density at radius 2 is 2.29 bits per heavy atom. The first kappa shape index (κ1) is 11.6. The maximum Gasteiger partial charge on any atom is 0.273 e. The van der Waals surface area contributed by atoms with E-state index in [2.05, 4.69) is 25.6 Å². The average Bonchev–Trinajstić information content (AvgIpc) is 2.80. The van der Waals surface area contributed by atoms with E-state index in [-0.39, 0.29) is 12.3 Å². The van der Waals surface area contributed by atoms with E-state index in [0.717, 1.165) is 0 Å². The van der Waals surface area contributed by atoms with E-state index < -0.39 is 4.92 Å². The monoisotopic (exact) mass is 298 g/mol. The van der Waals surface area contributed by atoms with Crippen LogP contribution in [0.25, 0.3) is 0 Å². The molecule has 0 N–H and O–H groups in total. The van der Waals surface area contributed by atoms with Crippen LogP contribution >= 0.6 is 15.9 Å². The molecule has 1 heterocycles. The summed E-state index contributed by atoms with van der Waals surface area (Å²) in [5.41, 5.74) is 0.590. The summed E-state index contributed by atoms with van der Waals surface area (Å²) in [7, 11) is 0. The summed E-state index contributed by atoms with van der Waals surface area (Å²) in [6.45, 7) is 0.191. The molecule has 0 spiro atoms. The van der Waals surface area contributed by atoms with Crippen LogP contribution in [0.5, 0.6) is 5.75 Å². The molecular weight excluding hydrogens is 292 g/mol. The van der Waals surface area contributed by atoms with Crippen molar-refractivity contribution in [3.8, 4) is 5.75 Å². The van der Waals surface area contributed by atoms with Crippen LogP contribution in [0.1, 0.15) is 5.69 Å². The number of nitrogens with zero attached hydrogens (tertiary/aromatic N) is 2. The van der Waals surface area contributed by atoms with E-state index in [1.54, 1.807) is 12.1 Å². The lowest BCUT2D eigenvalue weighted by atomic mass is 10.3. The zero-order valence-corrected chi connectivity index (χ0v) is 10.1. The van der Waals surface area contributed by atoms with E-state index in [1.165, 1.54) is 18.4 Å². The second-order valence-electron chi connectivity index (χ2n) is 3.15. The zero-order valence-electron chi connectivity index (χ0n) is 8.50. The highest BCUT2D eigenvalue weighted by Gasteiger charge is 2.10. The number of hydrogen-bond donors (Lipinski definition) is 0. The lowest BCUT2D eigenvalue weighted by Gasteiger charge is -2.05. The summed E-state index contributed by atoms with van der Waals surface area (Å²) in [6.07, 6.45) is 1.43. The van der Waals surface area contributed by atoms with Crippen molar-refractivity contribution in [3.05, 3.63) is 50.8 Å². The molecule has 1 aromatic carbocycles. The van der Waals surface area contributed by atoms with Crippen LogP contribution < -0.4 is 4.74 Å². The van der Waals surface area contributed by atoms with Gasteiger partial charge in [0, 0.05) is 12.1 Å². The van der Waals surface area contributed by atoms with Gasteiger partial charge in [-0.25, -0.2) is 0 Å². The Balaban J connectivity index is 2.14. The van der Waals surface area contributed by atoms with Gasteiger partial charge in [0.15, 0.2) is 0 Å². The minimum absolute atomic E-state index is 0.0247. The van der Waals surface area contributed by atoms with Crippen LogP contribution in [0.3, 0.4) is 0 Å². The third kappa shape index (κ3) is 2.82. The maximum atomic E-state index is 10.6. The molecule has 0 fully saturated rings. The molecule has 88 valence electrons. The van der Waals surface area contributed by atoms with Crippen LogP contribution in [-0.4, -0.2) is 10.1 Å². The Morgan fingerprint density at radius 3 is 2.94 bits per heavy atom. The molecule has 1 aromatic heterocycles. The van der Waals surface area contributed by atoms with Crippen LogP contribution in [0.4, 0.5) is 5.69 Å². The molecule has 2 rings (SSSR count). The summed E-state index contributed by atoms with van der Waals surface area (Å²) in [5.74, 6) is 0.391. The molecule has 0 bridgehead atoms. The first-order valence-corrected chi connectivity index (χ1v) is 5.42. The van der Waals surface area contributed by atoms with E-state index in [9.17, 15) is 10.1 Å². The molecule has 0 amide bonds. The highest BCUT2D eigenvalue weighted by molar-refractivity contribution is 9.10. The van der Waals surface area contributed by atoms with Crippen molar-refractivity contribution < 1.29 is 14.2 Å². The molecule has 0 saturated heterocycles. The van der Waals surface area contributed by atoms with Gasteiger partial charge in [-0.1, -0.05) is 5.16 Å². The van der Waals surface area contributed by atoms with Crippen molar-refractivity contribution in [3.63, 3.8) is 0 Å². The zero-order chi connectivity index (χ0) is 12.3.